The van der Waals surface area contributed by atoms with Gasteiger partial charge < -0.3 is 10.3 Å². The van der Waals surface area contributed by atoms with E-state index >= 15 is 0 Å². The van der Waals surface area contributed by atoms with Gasteiger partial charge in [-0.15, -0.1) is 0 Å². The Morgan fingerprint density at radius 3 is 2.78 bits per heavy atom. The van der Waals surface area contributed by atoms with E-state index in [1.54, 1.807) is 0 Å². The zero-order valence-corrected chi connectivity index (χ0v) is 15.7. The quantitative estimate of drug-likeness (QED) is 0.726. The van der Waals surface area contributed by atoms with Crippen molar-refractivity contribution in [3.05, 3.63) is 71.9 Å². The largest absolute Gasteiger partial charge is 0.361 e. The van der Waals surface area contributed by atoms with Gasteiger partial charge in [0.25, 0.3) is 0 Å². The smallest absolute Gasteiger partial charge is 0.221 e. The average Bonchev–Trinajstić information content (AvgIpc) is 3.16. The number of nitrogens with one attached hydrogen (secondary N) is 2. The maximum absolute atomic E-state index is 12.5. The first-order chi connectivity index (χ1) is 13.3. The zero-order valence-electron chi connectivity index (χ0n) is 15.7. The molecule has 1 aliphatic rings. The van der Waals surface area contributed by atoms with E-state index in [4.69, 9.17) is 0 Å². The molecule has 1 aromatic heterocycles. The summed E-state index contributed by atoms with van der Waals surface area (Å²) >= 11 is 0. The molecule has 1 saturated heterocycles. The van der Waals surface area contributed by atoms with Crippen molar-refractivity contribution in [2.45, 2.75) is 38.3 Å². The first kappa shape index (κ1) is 17.8. The van der Waals surface area contributed by atoms with Crippen molar-refractivity contribution in [1.29, 1.82) is 0 Å². The molecule has 2 aromatic carbocycles. The molecule has 1 unspecified atom stereocenters. The molecule has 0 aliphatic carbocycles. The van der Waals surface area contributed by atoms with Gasteiger partial charge >= 0.3 is 0 Å². The molecule has 4 rings (SSSR count). The van der Waals surface area contributed by atoms with Gasteiger partial charge in [-0.3, -0.25) is 9.69 Å². The standard InChI is InChI=1S/C23H27N3O/c27-23-16-22(19-7-3-1-4-8-19)26(14-6-2-5-12-25-23)17-18-9-10-21-20(15-18)11-13-24-21/h1,3-4,7-11,13,15,22,24H,2,5-6,12,14,16-17H2,(H,25,27). The monoisotopic (exact) mass is 361 g/mol. The Kier molecular flexibility index (Phi) is 5.54. The van der Waals surface area contributed by atoms with Gasteiger partial charge in [-0.2, -0.15) is 0 Å². The fourth-order valence-electron chi connectivity index (χ4n) is 4.01. The summed E-state index contributed by atoms with van der Waals surface area (Å²) in [6, 6.07) is 19.3. The van der Waals surface area contributed by atoms with Gasteiger partial charge in [0.05, 0.1) is 0 Å². The number of nitrogens with zero attached hydrogens (tertiary/aromatic N) is 1. The summed E-state index contributed by atoms with van der Waals surface area (Å²) in [5.41, 5.74) is 3.68. The molecule has 0 saturated carbocycles. The number of hydrogen-bond acceptors (Lipinski definition) is 2. The molecule has 2 N–H and O–H groups in total. The molecule has 140 valence electrons. The van der Waals surface area contributed by atoms with E-state index in [9.17, 15) is 4.79 Å². The average molecular weight is 361 g/mol. The van der Waals surface area contributed by atoms with Crippen molar-refractivity contribution in [2.75, 3.05) is 13.1 Å². The summed E-state index contributed by atoms with van der Waals surface area (Å²) < 4.78 is 0. The number of amides is 1. The van der Waals surface area contributed by atoms with Crippen LogP contribution >= 0.6 is 0 Å². The van der Waals surface area contributed by atoms with Crippen LogP contribution in [0.2, 0.25) is 0 Å². The molecule has 1 amide bonds. The van der Waals surface area contributed by atoms with Crippen LogP contribution in [-0.4, -0.2) is 28.9 Å². The molecule has 4 heteroatoms. The lowest BCUT2D eigenvalue weighted by Crippen LogP contribution is -2.36. The lowest BCUT2D eigenvalue weighted by molar-refractivity contribution is -0.122. The summed E-state index contributed by atoms with van der Waals surface area (Å²) in [5, 5.41) is 4.33. The van der Waals surface area contributed by atoms with Gasteiger partial charge in [0.2, 0.25) is 5.91 Å². The number of fused-ring (bicyclic) bond motifs is 1. The van der Waals surface area contributed by atoms with E-state index < -0.39 is 0 Å². The Morgan fingerprint density at radius 1 is 1.00 bits per heavy atom. The number of aromatic nitrogens is 1. The van der Waals surface area contributed by atoms with Crippen LogP contribution in [0.5, 0.6) is 0 Å². The SMILES string of the molecule is O=C1CC(c2ccccc2)N(Cc2ccc3[nH]ccc3c2)CCCCCN1. The molecule has 0 bridgehead atoms. The number of carbonyl (C=O) groups excluding carboxylic acids is 1. The molecule has 4 nitrogen and oxygen atoms in total. The van der Waals surface area contributed by atoms with E-state index in [1.807, 2.05) is 12.3 Å². The first-order valence-corrected chi connectivity index (χ1v) is 9.91. The number of hydrogen-bond donors (Lipinski definition) is 2. The van der Waals surface area contributed by atoms with Crippen LogP contribution in [0.4, 0.5) is 0 Å². The van der Waals surface area contributed by atoms with Crippen LogP contribution < -0.4 is 5.32 Å². The molecule has 3 aromatic rings. The number of carbonyl (C=O) groups is 1. The third kappa shape index (κ3) is 4.40. The summed E-state index contributed by atoms with van der Waals surface area (Å²) in [4.78, 5) is 18.2. The normalized spacial score (nSPS) is 19.7. The van der Waals surface area contributed by atoms with E-state index in [-0.39, 0.29) is 11.9 Å². The summed E-state index contributed by atoms with van der Waals surface area (Å²) in [5.74, 6) is 0.150. The van der Waals surface area contributed by atoms with Crippen molar-refractivity contribution >= 4 is 16.8 Å². The second-order valence-electron chi connectivity index (χ2n) is 7.41. The highest BCUT2D eigenvalue weighted by Crippen LogP contribution is 2.28. The fourth-order valence-corrected chi connectivity index (χ4v) is 4.01. The highest BCUT2D eigenvalue weighted by Gasteiger charge is 2.24. The van der Waals surface area contributed by atoms with Gasteiger partial charge in [-0.1, -0.05) is 42.8 Å². The van der Waals surface area contributed by atoms with Crippen molar-refractivity contribution in [2.24, 2.45) is 0 Å². The van der Waals surface area contributed by atoms with Gasteiger partial charge in [0.15, 0.2) is 0 Å². The topological polar surface area (TPSA) is 48.1 Å². The Morgan fingerprint density at radius 2 is 1.89 bits per heavy atom. The molecule has 1 atom stereocenters. The lowest BCUT2D eigenvalue weighted by Gasteiger charge is -2.33. The molecule has 0 spiro atoms. The maximum Gasteiger partial charge on any atom is 0.221 e. The predicted molar refractivity (Wildman–Crippen MR) is 109 cm³/mol. The van der Waals surface area contributed by atoms with Crippen molar-refractivity contribution in [1.82, 2.24) is 15.2 Å². The number of H-pyrrole nitrogens is 1. The molecule has 0 radical (unpaired) electrons. The molecule has 2 heterocycles. The highest BCUT2D eigenvalue weighted by atomic mass is 16.1. The van der Waals surface area contributed by atoms with Gasteiger partial charge in [0, 0.05) is 37.3 Å². The maximum atomic E-state index is 12.5. The fraction of sp³-hybridized carbons (Fsp3) is 0.348. The molecular formula is C23H27N3O. The van der Waals surface area contributed by atoms with Crippen LogP contribution in [0, 0.1) is 0 Å². The number of benzene rings is 2. The first-order valence-electron chi connectivity index (χ1n) is 9.91. The zero-order chi connectivity index (χ0) is 18.5. The van der Waals surface area contributed by atoms with E-state index in [0.717, 1.165) is 38.9 Å². The van der Waals surface area contributed by atoms with Crippen molar-refractivity contribution in [3.8, 4) is 0 Å². The minimum atomic E-state index is 0.103. The van der Waals surface area contributed by atoms with Crippen molar-refractivity contribution < 1.29 is 4.79 Å². The molecule has 27 heavy (non-hydrogen) atoms. The second-order valence-corrected chi connectivity index (χ2v) is 7.41. The van der Waals surface area contributed by atoms with Crippen LogP contribution in [0.25, 0.3) is 10.9 Å². The molecular weight excluding hydrogens is 334 g/mol. The van der Waals surface area contributed by atoms with E-state index in [0.29, 0.717) is 6.42 Å². The summed E-state index contributed by atoms with van der Waals surface area (Å²) in [7, 11) is 0. The van der Waals surface area contributed by atoms with E-state index in [1.165, 1.54) is 22.0 Å². The third-order valence-electron chi connectivity index (χ3n) is 5.45. The summed E-state index contributed by atoms with van der Waals surface area (Å²) in [6.45, 7) is 2.66. The van der Waals surface area contributed by atoms with Crippen LogP contribution in [-0.2, 0) is 11.3 Å². The Labute approximate surface area is 160 Å². The minimum absolute atomic E-state index is 0.103. The Balaban J connectivity index is 1.63. The van der Waals surface area contributed by atoms with Crippen LogP contribution in [0.1, 0.15) is 42.9 Å². The number of rotatable bonds is 3. The third-order valence-corrected chi connectivity index (χ3v) is 5.45. The van der Waals surface area contributed by atoms with Crippen LogP contribution in [0.15, 0.2) is 60.8 Å². The van der Waals surface area contributed by atoms with Gasteiger partial charge in [0.1, 0.15) is 0 Å². The lowest BCUT2D eigenvalue weighted by atomic mass is 9.99. The molecule has 1 fully saturated rings. The Hall–Kier alpha value is -2.59. The van der Waals surface area contributed by atoms with Gasteiger partial charge in [-0.25, -0.2) is 0 Å². The highest BCUT2D eigenvalue weighted by molar-refractivity contribution is 5.80. The summed E-state index contributed by atoms with van der Waals surface area (Å²) in [6.07, 6.45) is 5.86. The van der Waals surface area contributed by atoms with Crippen LogP contribution in [0.3, 0.4) is 0 Å². The van der Waals surface area contributed by atoms with Gasteiger partial charge in [-0.05, 0) is 54.1 Å². The predicted octanol–water partition coefficient (Wildman–Crippen LogP) is 4.40. The molecule has 1 aliphatic heterocycles. The minimum Gasteiger partial charge on any atom is -0.361 e. The van der Waals surface area contributed by atoms with Crippen molar-refractivity contribution in [3.63, 3.8) is 0 Å². The van der Waals surface area contributed by atoms with E-state index in [2.05, 4.69) is 63.7 Å². The number of aromatic amines is 1. The second kappa shape index (κ2) is 8.40. The Bertz CT molecular complexity index is 887.